The molecule has 0 unspecified atom stereocenters. The molecular weight excluding hydrogens is 404 g/mol. The van der Waals surface area contributed by atoms with E-state index >= 15 is 0 Å². The molecule has 2 fully saturated rings. The molecule has 0 spiro atoms. The van der Waals surface area contributed by atoms with Crippen LogP contribution in [0.1, 0.15) is 35.8 Å². The average molecular weight is 426 g/mol. The Morgan fingerprint density at radius 2 is 1.12 bits per heavy atom. The lowest BCUT2D eigenvalue weighted by Crippen LogP contribution is -2.34. The zero-order valence-corrected chi connectivity index (χ0v) is 17.3. The fourth-order valence-corrected chi connectivity index (χ4v) is 5.40. The van der Waals surface area contributed by atoms with Crippen molar-refractivity contribution in [3.8, 4) is 0 Å². The summed E-state index contributed by atoms with van der Waals surface area (Å²) in [5, 5.41) is 11.0. The van der Waals surface area contributed by atoms with Crippen LogP contribution >= 0.6 is 0 Å². The van der Waals surface area contributed by atoms with Gasteiger partial charge in [0.1, 0.15) is 0 Å². The first-order valence-electron chi connectivity index (χ1n) is 10.8. The molecule has 0 bridgehead atoms. The summed E-state index contributed by atoms with van der Waals surface area (Å²) < 4.78 is 0. The van der Waals surface area contributed by atoms with Gasteiger partial charge in [-0.3, -0.25) is 24.6 Å². The molecular formula is C26H22N2O4. The molecule has 6 nitrogen and oxygen atoms in total. The number of nitro benzene ring substituents is 1. The number of rotatable bonds is 4. The molecule has 1 aliphatic carbocycles. The molecule has 6 heteroatoms. The van der Waals surface area contributed by atoms with Crippen LogP contribution in [0.25, 0.3) is 0 Å². The number of imide groups is 1. The molecule has 1 saturated carbocycles. The highest BCUT2D eigenvalue weighted by Crippen LogP contribution is 2.53. The molecule has 1 heterocycles. The number of carbonyl (C=O) groups excluding carboxylic acids is 2. The van der Waals surface area contributed by atoms with E-state index in [-0.39, 0.29) is 29.3 Å². The standard InChI is InChI=1S/C26H22N2O4/c29-25-23-21(17-7-3-1-4-8-17)15-16-22(18-9-5-2-6-10-18)24(23)26(30)27(25)19-11-13-20(14-12-19)28(31)32/h1-14,21-24H,15-16H2/t21-,22-,23-,24+/m0/s1. The lowest BCUT2D eigenvalue weighted by atomic mass is 9.64. The van der Waals surface area contributed by atoms with Crippen LogP contribution in [0.15, 0.2) is 84.9 Å². The first kappa shape index (κ1) is 20.1. The van der Waals surface area contributed by atoms with Crippen molar-refractivity contribution < 1.29 is 14.5 Å². The average Bonchev–Trinajstić information content (AvgIpc) is 3.10. The summed E-state index contributed by atoms with van der Waals surface area (Å²) in [5.74, 6) is -1.44. The highest BCUT2D eigenvalue weighted by molar-refractivity contribution is 6.22. The molecule has 1 aliphatic heterocycles. The number of hydrogen-bond donors (Lipinski definition) is 0. The van der Waals surface area contributed by atoms with Gasteiger partial charge in [0.15, 0.2) is 0 Å². The van der Waals surface area contributed by atoms with Crippen LogP contribution in [0.2, 0.25) is 0 Å². The van der Waals surface area contributed by atoms with Gasteiger partial charge in [-0.15, -0.1) is 0 Å². The van der Waals surface area contributed by atoms with Crippen LogP contribution in [0, 0.1) is 22.0 Å². The SMILES string of the molecule is O=C1[C@@H]2[C@H](C(=O)N1c1ccc([N+](=O)[O-])cc1)[C@H](c1ccccc1)CC[C@H]2c1ccccc1. The number of hydrogen-bond acceptors (Lipinski definition) is 4. The number of nitro groups is 1. The van der Waals surface area contributed by atoms with Gasteiger partial charge in [0.2, 0.25) is 11.8 Å². The Labute approximate surface area is 185 Å². The van der Waals surface area contributed by atoms with Crippen LogP contribution in [-0.4, -0.2) is 16.7 Å². The Hall–Kier alpha value is -3.80. The zero-order valence-electron chi connectivity index (χ0n) is 17.3. The van der Waals surface area contributed by atoms with Crippen molar-refractivity contribution in [3.05, 3.63) is 106 Å². The van der Waals surface area contributed by atoms with Gasteiger partial charge in [-0.2, -0.15) is 0 Å². The summed E-state index contributed by atoms with van der Waals surface area (Å²) in [6.45, 7) is 0. The van der Waals surface area contributed by atoms with Crippen molar-refractivity contribution >= 4 is 23.2 Å². The molecule has 1 saturated heterocycles. The molecule has 0 radical (unpaired) electrons. The summed E-state index contributed by atoms with van der Waals surface area (Å²) >= 11 is 0. The molecule has 32 heavy (non-hydrogen) atoms. The van der Waals surface area contributed by atoms with E-state index < -0.39 is 16.8 Å². The Kier molecular flexibility index (Phi) is 5.05. The first-order valence-corrected chi connectivity index (χ1v) is 10.8. The van der Waals surface area contributed by atoms with Crippen molar-refractivity contribution in [2.45, 2.75) is 24.7 Å². The Morgan fingerprint density at radius 3 is 1.53 bits per heavy atom. The van der Waals surface area contributed by atoms with Crippen molar-refractivity contribution in [2.24, 2.45) is 11.8 Å². The predicted molar refractivity (Wildman–Crippen MR) is 120 cm³/mol. The highest BCUT2D eigenvalue weighted by Gasteiger charge is 2.56. The molecule has 5 rings (SSSR count). The van der Waals surface area contributed by atoms with Crippen LogP contribution in [0.5, 0.6) is 0 Å². The number of nitrogens with zero attached hydrogens (tertiary/aromatic N) is 2. The summed E-state index contributed by atoms with van der Waals surface area (Å²) in [4.78, 5) is 39.2. The molecule has 3 aromatic carbocycles. The van der Waals surface area contributed by atoms with Crippen LogP contribution in [0.4, 0.5) is 11.4 Å². The first-order chi connectivity index (χ1) is 15.6. The molecule has 4 atom stereocenters. The molecule has 0 aromatic heterocycles. The van der Waals surface area contributed by atoms with Gasteiger partial charge in [-0.1, -0.05) is 60.7 Å². The third-order valence-corrected chi connectivity index (χ3v) is 6.83. The summed E-state index contributed by atoms with van der Waals surface area (Å²) in [6, 6.07) is 25.5. The van der Waals surface area contributed by atoms with E-state index in [0.717, 1.165) is 24.0 Å². The quantitative estimate of drug-likeness (QED) is 0.332. The van der Waals surface area contributed by atoms with Gasteiger partial charge in [0.05, 0.1) is 22.4 Å². The van der Waals surface area contributed by atoms with Gasteiger partial charge in [0.25, 0.3) is 5.69 Å². The second-order valence-electron chi connectivity index (χ2n) is 8.45. The molecule has 2 aliphatic rings. The maximum Gasteiger partial charge on any atom is 0.269 e. The number of non-ortho nitro benzene ring substituents is 1. The lowest BCUT2D eigenvalue weighted by molar-refractivity contribution is -0.384. The van der Waals surface area contributed by atoms with Gasteiger partial charge < -0.3 is 0 Å². The Balaban J connectivity index is 1.57. The fourth-order valence-electron chi connectivity index (χ4n) is 5.40. The van der Waals surface area contributed by atoms with E-state index in [0.29, 0.717) is 5.69 Å². The van der Waals surface area contributed by atoms with E-state index in [2.05, 4.69) is 0 Å². The number of anilines is 1. The topological polar surface area (TPSA) is 80.5 Å². The third kappa shape index (κ3) is 3.28. The van der Waals surface area contributed by atoms with E-state index in [9.17, 15) is 19.7 Å². The summed E-state index contributed by atoms with van der Waals surface area (Å²) in [5.41, 5.74) is 2.45. The van der Waals surface area contributed by atoms with Gasteiger partial charge >= 0.3 is 0 Å². The monoisotopic (exact) mass is 426 g/mol. The van der Waals surface area contributed by atoms with Crippen molar-refractivity contribution in [1.82, 2.24) is 0 Å². The van der Waals surface area contributed by atoms with Crippen molar-refractivity contribution in [1.29, 1.82) is 0 Å². The number of fused-ring (bicyclic) bond motifs is 1. The van der Waals surface area contributed by atoms with E-state index in [4.69, 9.17) is 0 Å². The number of benzene rings is 3. The zero-order chi connectivity index (χ0) is 22.2. The van der Waals surface area contributed by atoms with E-state index in [1.807, 2.05) is 60.7 Å². The van der Waals surface area contributed by atoms with Crippen molar-refractivity contribution in [3.63, 3.8) is 0 Å². The van der Waals surface area contributed by atoms with Gasteiger partial charge in [0, 0.05) is 12.1 Å². The largest absolute Gasteiger partial charge is 0.274 e. The van der Waals surface area contributed by atoms with Gasteiger partial charge in [-0.05, 0) is 47.9 Å². The smallest absolute Gasteiger partial charge is 0.269 e. The van der Waals surface area contributed by atoms with Crippen molar-refractivity contribution in [2.75, 3.05) is 4.90 Å². The fraction of sp³-hybridized carbons (Fsp3) is 0.231. The summed E-state index contributed by atoms with van der Waals surface area (Å²) in [6.07, 6.45) is 1.63. The number of carbonyl (C=O) groups is 2. The highest BCUT2D eigenvalue weighted by atomic mass is 16.6. The predicted octanol–water partition coefficient (Wildman–Crippen LogP) is 5.06. The molecule has 3 aromatic rings. The third-order valence-electron chi connectivity index (χ3n) is 6.83. The lowest BCUT2D eigenvalue weighted by Gasteiger charge is -2.37. The number of amides is 2. The Bertz CT molecular complexity index is 1100. The van der Waals surface area contributed by atoms with Crippen LogP contribution < -0.4 is 4.90 Å². The summed E-state index contributed by atoms with van der Waals surface area (Å²) in [7, 11) is 0. The maximum atomic E-state index is 13.7. The van der Waals surface area contributed by atoms with Gasteiger partial charge in [-0.25, -0.2) is 0 Å². The second kappa shape index (κ2) is 8.04. The van der Waals surface area contributed by atoms with Crippen LogP contribution in [0.3, 0.4) is 0 Å². The minimum Gasteiger partial charge on any atom is -0.274 e. The second-order valence-corrected chi connectivity index (χ2v) is 8.45. The minimum atomic E-state index is -0.492. The van der Waals surface area contributed by atoms with E-state index in [1.165, 1.54) is 29.2 Å². The molecule has 0 N–H and O–H groups in total. The minimum absolute atomic E-state index is 0.0411. The Morgan fingerprint density at radius 1 is 0.688 bits per heavy atom. The molecule has 160 valence electrons. The molecule has 2 amide bonds. The van der Waals surface area contributed by atoms with E-state index in [1.54, 1.807) is 0 Å². The maximum absolute atomic E-state index is 13.7. The van der Waals surface area contributed by atoms with Crippen LogP contribution in [-0.2, 0) is 9.59 Å². The normalized spacial score (nSPS) is 24.9.